The number of hydrogen-bond acceptors (Lipinski definition) is 6. The molecule has 0 spiro atoms. The van der Waals surface area contributed by atoms with Gasteiger partial charge in [-0.1, -0.05) is 24.8 Å². The molecule has 1 aromatic carbocycles. The summed E-state index contributed by atoms with van der Waals surface area (Å²) in [4.78, 5) is 17.1. The summed E-state index contributed by atoms with van der Waals surface area (Å²) in [5.41, 5.74) is 1.43. The molecule has 6 nitrogen and oxygen atoms in total. The van der Waals surface area contributed by atoms with Crippen LogP contribution in [0, 0.1) is 5.92 Å². The summed E-state index contributed by atoms with van der Waals surface area (Å²) in [7, 11) is -2.95. The van der Waals surface area contributed by atoms with Crippen molar-refractivity contribution in [2.75, 3.05) is 16.8 Å². The summed E-state index contributed by atoms with van der Waals surface area (Å²) >= 11 is 1.48. The van der Waals surface area contributed by atoms with Gasteiger partial charge in [-0.25, -0.2) is 8.42 Å². The minimum Gasteiger partial charge on any atom is -0.349 e. The average molecular weight is 408 g/mol. The van der Waals surface area contributed by atoms with E-state index in [1.807, 2.05) is 24.3 Å². The van der Waals surface area contributed by atoms with Crippen molar-refractivity contribution in [3.8, 4) is 0 Å². The zero-order chi connectivity index (χ0) is 19.0. The summed E-state index contributed by atoms with van der Waals surface area (Å²) in [6, 6.07) is 7.51. The van der Waals surface area contributed by atoms with Crippen molar-refractivity contribution >= 4 is 38.4 Å². The molecule has 27 heavy (non-hydrogen) atoms. The van der Waals surface area contributed by atoms with Crippen molar-refractivity contribution in [2.45, 2.75) is 49.9 Å². The Morgan fingerprint density at radius 3 is 2.70 bits per heavy atom. The summed E-state index contributed by atoms with van der Waals surface area (Å²) in [5.74, 6) is 1.05. The van der Waals surface area contributed by atoms with Crippen molar-refractivity contribution in [2.24, 2.45) is 10.9 Å². The van der Waals surface area contributed by atoms with Gasteiger partial charge in [-0.05, 0) is 49.8 Å². The summed E-state index contributed by atoms with van der Waals surface area (Å²) in [6.45, 7) is 2.26. The third-order valence-electron chi connectivity index (χ3n) is 5.55. The minimum absolute atomic E-state index is 0.0117. The van der Waals surface area contributed by atoms with Gasteiger partial charge in [0.2, 0.25) is 0 Å². The number of sulfone groups is 1. The van der Waals surface area contributed by atoms with E-state index >= 15 is 0 Å². The zero-order valence-corrected chi connectivity index (χ0v) is 17.0. The van der Waals surface area contributed by atoms with Crippen molar-refractivity contribution in [3.05, 3.63) is 29.8 Å². The number of anilines is 1. The third-order valence-corrected chi connectivity index (χ3v) is 8.69. The second-order valence-corrected chi connectivity index (χ2v) is 11.3. The van der Waals surface area contributed by atoms with Gasteiger partial charge in [0.25, 0.3) is 5.91 Å². The number of amides is 1. The van der Waals surface area contributed by atoms with Crippen LogP contribution < -0.4 is 10.6 Å². The Labute approximate surface area is 164 Å². The van der Waals surface area contributed by atoms with Gasteiger partial charge >= 0.3 is 0 Å². The van der Waals surface area contributed by atoms with Crippen LogP contribution in [0.15, 0.2) is 29.3 Å². The van der Waals surface area contributed by atoms with Crippen LogP contribution in [0.2, 0.25) is 0 Å². The molecule has 1 aromatic rings. The molecule has 0 unspecified atom stereocenters. The van der Waals surface area contributed by atoms with Crippen LogP contribution in [0.25, 0.3) is 0 Å². The number of thioether (sulfide) groups is 1. The van der Waals surface area contributed by atoms with Gasteiger partial charge in [-0.15, -0.1) is 0 Å². The summed E-state index contributed by atoms with van der Waals surface area (Å²) in [6.07, 6.45) is 4.43. The first-order valence-electron chi connectivity index (χ1n) is 9.51. The van der Waals surface area contributed by atoms with Crippen LogP contribution in [0.4, 0.5) is 5.69 Å². The number of benzene rings is 1. The number of aliphatic imine (C=N–C) groups is 1. The van der Waals surface area contributed by atoms with Gasteiger partial charge in [-0.2, -0.15) is 0 Å². The summed E-state index contributed by atoms with van der Waals surface area (Å²) in [5, 5.41) is 7.14. The molecule has 3 aliphatic rings. The lowest BCUT2D eigenvalue weighted by Gasteiger charge is -2.27. The fourth-order valence-electron chi connectivity index (χ4n) is 3.95. The first-order chi connectivity index (χ1) is 12.9. The molecule has 2 N–H and O–H groups in total. The average Bonchev–Trinajstić information content (AvgIpc) is 3.09. The Bertz CT molecular complexity index is 861. The van der Waals surface area contributed by atoms with E-state index in [9.17, 15) is 13.2 Å². The monoisotopic (exact) mass is 407 g/mol. The van der Waals surface area contributed by atoms with Crippen LogP contribution in [0.3, 0.4) is 0 Å². The molecule has 2 atom stereocenters. The van der Waals surface area contributed by atoms with Gasteiger partial charge < -0.3 is 10.6 Å². The van der Waals surface area contributed by atoms with E-state index in [2.05, 4.69) is 22.5 Å². The highest BCUT2D eigenvalue weighted by Crippen LogP contribution is 2.34. The smallest absolute Gasteiger partial charge is 0.251 e. The van der Waals surface area contributed by atoms with E-state index in [0.29, 0.717) is 5.56 Å². The lowest BCUT2D eigenvalue weighted by Crippen LogP contribution is -2.37. The van der Waals surface area contributed by atoms with E-state index in [0.717, 1.165) is 29.6 Å². The SMILES string of the molecule is CC1CCC(NC(=O)c2cccc(NC3=N[C@H]4CS(=O)(=O)C[C@H]4S3)c2)CC1. The predicted octanol–water partition coefficient (Wildman–Crippen LogP) is 2.68. The number of fused-ring (bicyclic) bond motifs is 1. The van der Waals surface area contributed by atoms with Crippen molar-refractivity contribution in [1.82, 2.24) is 5.32 Å². The van der Waals surface area contributed by atoms with E-state index in [4.69, 9.17) is 0 Å². The number of carbonyl (C=O) groups excluding carboxylic acids is 1. The fraction of sp³-hybridized carbons (Fsp3) is 0.579. The molecule has 1 saturated heterocycles. The highest BCUT2D eigenvalue weighted by molar-refractivity contribution is 8.15. The van der Waals surface area contributed by atoms with Crippen LogP contribution >= 0.6 is 11.8 Å². The van der Waals surface area contributed by atoms with Gasteiger partial charge in [0, 0.05) is 22.5 Å². The van der Waals surface area contributed by atoms with E-state index in [-0.39, 0.29) is 34.7 Å². The van der Waals surface area contributed by atoms with Crippen LogP contribution in [-0.2, 0) is 9.84 Å². The highest BCUT2D eigenvalue weighted by atomic mass is 32.2. The Morgan fingerprint density at radius 1 is 1.19 bits per heavy atom. The first kappa shape index (κ1) is 18.8. The maximum Gasteiger partial charge on any atom is 0.251 e. The Balaban J connectivity index is 1.37. The van der Waals surface area contributed by atoms with Gasteiger partial charge in [0.1, 0.15) is 0 Å². The first-order valence-corrected chi connectivity index (χ1v) is 12.2. The topological polar surface area (TPSA) is 87.6 Å². The van der Waals surface area contributed by atoms with Gasteiger partial charge in [0.05, 0.1) is 17.5 Å². The van der Waals surface area contributed by atoms with Gasteiger partial charge in [-0.3, -0.25) is 9.79 Å². The maximum absolute atomic E-state index is 12.6. The highest BCUT2D eigenvalue weighted by Gasteiger charge is 2.42. The molecule has 4 rings (SSSR count). The number of amidine groups is 1. The molecule has 0 aromatic heterocycles. The Hall–Kier alpha value is -1.54. The Kier molecular flexibility index (Phi) is 5.20. The number of hydrogen-bond donors (Lipinski definition) is 2. The van der Waals surface area contributed by atoms with Crippen LogP contribution in [0.1, 0.15) is 43.0 Å². The normalized spacial score (nSPS) is 31.8. The molecule has 0 bridgehead atoms. The molecule has 2 heterocycles. The van der Waals surface area contributed by atoms with E-state index in [1.54, 1.807) is 0 Å². The predicted molar refractivity (Wildman–Crippen MR) is 110 cm³/mol. The van der Waals surface area contributed by atoms with Crippen molar-refractivity contribution < 1.29 is 13.2 Å². The second kappa shape index (κ2) is 7.47. The quantitative estimate of drug-likeness (QED) is 0.804. The number of rotatable bonds is 3. The lowest BCUT2D eigenvalue weighted by molar-refractivity contribution is 0.0923. The molecule has 8 heteroatoms. The second-order valence-electron chi connectivity index (χ2n) is 7.87. The molecule has 2 fully saturated rings. The van der Waals surface area contributed by atoms with Gasteiger partial charge in [0.15, 0.2) is 15.0 Å². The van der Waals surface area contributed by atoms with Crippen molar-refractivity contribution in [3.63, 3.8) is 0 Å². The zero-order valence-electron chi connectivity index (χ0n) is 15.3. The number of nitrogens with one attached hydrogen (secondary N) is 2. The molecule has 1 amide bonds. The maximum atomic E-state index is 12.6. The van der Waals surface area contributed by atoms with E-state index < -0.39 is 9.84 Å². The molecular formula is C19H25N3O3S2. The third kappa shape index (κ3) is 4.48. The van der Waals surface area contributed by atoms with Crippen LogP contribution in [0.5, 0.6) is 0 Å². The van der Waals surface area contributed by atoms with Crippen LogP contribution in [-0.4, -0.2) is 48.3 Å². The molecule has 0 radical (unpaired) electrons. The fourth-order valence-corrected chi connectivity index (χ4v) is 7.63. The Morgan fingerprint density at radius 2 is 1.96 bits per heavy atom. The summed E-state index contributed by atoms with van der Waals surface area (Å²) < 4.78 is 23.3. The van der Waals surface area contributed by atoms with E-state index in [1.165, 1.54) is 24.6 Å². The van der Waals surface area contributed by atoms with Crippen molar-refractivity contribution in [1.29, 1.82) is 0 Å². The minimum atomic E-state index is -2.95. The number of nitrogens with zero attached hydrogens (tertiary/aromatic N) is 1. The molecule has 1 saturated carbocycles. The molecule has 1 aliphatic carbocycles. The number of carbonyl (C=O) groups is 1. The molecular weight excluding hydrogens is 382 g/mol. The molecule has 2 aliphatic heterocycles. The largest absolute Gasteiger partial charge is 0.349 e. The lowest BCUT2D eigenvalue weighted by atomic mass is 9.87. The standard InChI is InChI=1S/C19H25N3O3S2/c1-12-5-7-14(8-6-12)20-18(23)13-3-2-4-15(9-13)21-19-22-16-10-27(24,25)11-17(16)26-19/h2-4,9,12,14,16-17H,5-8,10-11H2,1H3,(H,20,23)(H,21,22)/t12?,14?,16-,17+/m0/s1. The molecule has 146 valence electrons.